The number of esters is 1. The normalized spacial score (nSPS) is 10.8. The van der Waals surface area contributed by atoms with Crippen LogP contribution in [0, 0.1) is 5.41 Å². The maximum Gasteiger partial charge on any atom is 0.333 e. The lowest BCUT2D eigenvalue weighted by molar-refractivity contribution is -0.139. The number of rotatable bonds is 16. The molecule has 172 valence electrons. The summed E-state index contributed by atoms with van der Waals surface area (Å²) in [5, 5.41) is 8.34. The minimum atomic E-state index is -0.682. The third kappa shape index (κ3) is 29.0. The van der Waals surface area contributed by atoms with Crippen molar-refractivity contribution in [3.05, 3.63) is 12.2 Å². The zero-order chi connectivity index (χ0) is 22.5. The van der Waals surface area contributed by atoms with Gasteiger partial charge in [-0.25, -0.2) is 4.79 Å². The van der Waals surface area contributed by atoms with Crippen LogP contribution < -0.4 is 0 Å². The van der Waals surface area contributed by atoms with E-state index in [1.165, 1.54) is 57.8 Å². The van der Waals surface area contributed by atoms with Gasteiger partial charge in [-0.1, -0.05) is 98.5 Å². The molecular weight excluding hydrogens is 364 g/mol. The second-order valence-electron chi connectivity index (χ2n) is 9.26. The summed E-state index contributed by atoms with van der Waals surface area (Å²) in [6.45, 7) is 14.5. The Morgan fingerprint density at radius 2 is 1.31 bits per heavy atom. The number of carbonyl (C=O) groups excluding carboxylic acids is 1. The Labute approximate surface area is 180 Å². The molecule has 0 spiro atoms. The van der Waals surface area contributed by atoms with Gasteiger partial charge in [0.05, 0.1) is 6.61 Å². The largest absolute Gasteiger partial charge is 0.481 e. The van der Waals surface area contributed by atoms with Gasteiger partial charge in [0.25, 0.3) is 0 Å². The second kappa shape index (κ2) is 20.0. The molecule has 0 aliphatic rings. The van der Waals surface area contributed by atoms with Crippen LogP contribution in [0.5, 0.6) is 0 Å². The number of carbonyl (C=O) groups is 2. The fourth-order valence-electron chi connectivity index (χ4n) is 2.81. The monoisotopic (exact) mass is 412 g/mol. The molecule has 0 aliphatic carbocycles. The van der Waals surface area contributed by atoms with Crippen LogP contribution in [0.4, 0.5) is 0 Å². The summed E-state index contributed by atoms with van der Waals surface area (Å²) in [6, 6.07) is 0. The van der Waals surface area contributed by atoms with Crippen molar-refractivity contribution in [2.24, 2.45) is 5.41 Å². The van der Waals surface area contributed by atoms with Crippen molar-refractivity contribution in [1.29, 1.82) is 0 Å². The number of carboxylic acid groups (broad SMARTS) is 1. The summed E-state index contributed by atoms with van der Waals surface area (Å²) in [6.07, 6.45) is 16.2. The van der Waals surface area contributed by atoms with Gasteiger partial charge in [0.15, 0.2) is 0 Å². The van der Waals surface area contributed by atoms with Gasteiger partial charge in [-0.05, 0) is 31.6 Å². The fraction of sp³-hybridized carbons (Fsp3) is 0.840. The number of hydrogen-bond acceptors (Lipinski definition) is 3. The molecule has 4 heteroatoms. The van der Waals surface area contributed by atoms with Crippen LogP contribution >= 0.6 is 0 Å². The summed E-state index contributed by atoms with van der Waals surface area (Å²) >= 11 is 0. The predicted octanol–water partition coefficient (Wildman–Crippen LogP) is 7.70. The van der Waals surface area contributed by atoms with Crippen LogP contribution in [0.15, 0.2) is 12.2 Å². The first-order valence-corrected chi connectivity index (χ1v) is 11.6. The van der Waals surface area contributed by atoms with Gasteiger partial charge in [-0.15, -0.1) is 0 Å². The van der Waals surface area contributed by atoms with Crippen molar-refractivity contribution in [3.8, 4) is 0 Å². The average molecular weight is 413 g/mol. The Morgan fingerprint density at radius 3 is 1.72 bits per heavy atom. The van der Waals surface area contributed by atoms with Gasteiger partial charge in [-0.3, -0.25) is 4.79 Å². The summed E-state index contributed by atoms with van der Waals surface area (Å²) in [5.74, 6) is -0.940. The number of hydrogen-bond donors (Lipinski definition) is 1. The number of unbranched alkanes of at least 4 members (excludes halogenated alkanes) is 10. The van der Waals surface area contributed by atoms with Gasteiger partial charge in [0, 0.05) is 12.0 Å². The third-order valence-corrected chi connectivity index (χ3v) is 4.65. The Bertz CT molecular complexity index is 421. The molecule has 1 N–H and O–H groups in total. The summed E-state index contributed by atoms with van der Waals surface area (Å²) in [7, 11) is 0. The highest BCUT2D eigenvalue weighted by Crippen LogP contribution is 2.21. The van der Waals surface area contributed by atoms with E-state index in [1.807, 2.05) is 0 Å². The summed E-state index contributed by atoms with van der Waals surface area (Å²) in [5.41, 5.74) is 0.834. The van der Waals surface area contributed by atoms with E-state index in [9.17, 15) is 9.59 Å². The molecule has 0 amide bonds. The molecule has 0 aliphatic heterocycles. The molecular formula is C25H48O4. The molecule has 0 bridgehead atoms. The van der Waals surface area contributed by atoms with Crippen LogP contribution in [0.25, 0.3) is 0 Å². The van der Waals surface area contributed by atoms with Crippen molar-refractivity contribution in [3.63, 3.8) is 0 Å². The third-order valence-electron chi connectivity index (χ3n) is 4.65. The zero-order valence-corrected chi connectivity index (χ0v) is 20.0. The zero-order valence-electron chi connectivity index (χ0n) is 20.0. The van der Waals surface area contributed by atoms with E-state index in [1.54, 1.807) is 6.92 Å². The van der Waals surface area contributed by atoms with Gasteiger partial charge < -0.3 is 9.84 Å². The maximum absolute atomic E-state index is 11.1. The van der Waals surface area contributed by atoms with E-state index >= 15 is 0 Å². The molecule has 0 saturated heterocycles. The predicted molar refractivity (Wildman–Crippen MR) is 123 cm³/mol. The Morgan fingerprint density at radius 1 is 0.828 bits per heavy atom. The van der Waals surface area contributed by atoms with Crippen LogP contribution in [0.2, 0.25) is 0 Å². The minimum absolute atomic E-state index is 0.258. The van der Waals surface area contributed by atoms with E-state index in [4.69, 9.17) is 9.84 Å². The minimum Gasteiger partial charge on any atom is -0.481 e. The number of carboxylic acids is 1. The Balaban J connectivity index is 0. The molecule has 4 nitrogen and oxygen atoms in total. The first-order valence-electron chi connectivity index (χ1n) is 11.6. The molecule has 0 aromatic rings. The van der Waals surface area contributed by atoms with Crippen LogP contribution in [-0.4, -0.2) is 23.7 Å². The number of ether oxygens (including phenoxy) is 1. The van der Waals surface area contributed by atoms with Gasteiger partial charge in [0.1, 0.15) is 0 Å². The molecule has 0 aromatic heterocycles. The van der Waals surface area contributed by atoms with E-state index in [2.05, 4.69) is 34.3 Å². The van der Waals surface area contributed by atoms with E-state index < -0.39 is 5.97 Å². The van der Waals surface area contributed by atoms with E-state index in [-0.39, 0.29) is 5.97 Å². The Hall–Kier alpha value is -1.32. The summed E-state index contributed by atoms with van der Waals surface area (Å²) in [4.78, 5) is 21.2. The number of aliphatic carboxylic acids is 1. The maximum atomic E-state index is 11.1. The lowest BCUT2D eigenvalue weighted by Gasteiger charge is -2.16. The fourth-order valence-corrected chi connectivity index (χ4v) is 2.81. The summed E-state index contributed by atoms with van der Waals surface area (Å²) < 4.78 is 5.04. The topological polar surface area (TPSA) is 63.6 Å². The average Bonchev–Trinajstić information content (AvgIpc) is 2.62. The molecule has 0 heterocycles. The van der Waals surface area contributed by atoms with Crippen molar-refractivity contribution >= 4 is 11.9 Å². The molecule has 0 saturated carbocycles. The van der Waals surface area contributed by atoms with Gasteiger partial charge in [-0.2, -0.15) is 0 Å². The van der Waals surface area contributed by atoms with Crippen molar-refractivity contribution in [2.45, 2.75) is 125 Å². The lowest BCUT2D eigenvalue weighted by atomic mass is 9.89. The molecule has 0 radical (unpaired) electrons. The van der Waals surface area contributed by atoms with Gasteiger partial charge >= 0.3 is 11.9 Å². The standard InChI is InChI=1S/C16H30O2.C9H18O2/c1-4-5-6-7-8-9-10-11-12-13-14-18-16(17)15(2)3;1-9(2,3)7-5-4-6-8(10)11/h2,4-14H2,1,3H3;4-7H2,1-3H3,(H,10,11). The van der Waals surface area contributed by atoms with Crippen molar-refractivity contribution in [2.75, 3.05) is 6.61 Å². The quantitative estimate of drug-likeness (QED) is 0.160. The second-order valence-corrected chi connectivity index (χ2v) is 9.26. The molecule has 0 fully saturated rings. The molecule has 0 rings (SSSR count). The van der Waals surface area contributed by atoms with E-state index in [0.29, 0.717) is 24.0 Å². The van der Waals surface area contributed by atoms with Crippen LogP contribution in [0.1, 0.15) is 125 Å². The highest BCUT2D eigenvalue weighted by atomic mass is 16.5. The highest BCUT2D eigenvalue weighted by Gasteiger charge is 2.09. The first-order chi connectivity index (χ1) is 13.6. The van der Waals surface area contributed by atoms with Crippen molar-refractivity contribution in [1.82, 2.24) is 0 Å². The van der Waals surface area contributed by atoms with Crippen molar-refractivity contribution < 1.29 is 19.4 Å². The van der Waals surface area contributed by atoms with Crippen LogP contribution in [0.3, 0.4) is 0 Å². The molecule has 29 heavy (non-hydrogen) atoms. The molecule has 0 unspecified atom stereocenters. The first kappa shape index (κ1) is 29.9. The van der Waals surface area contributed by atoms with Crippen LogP contribution in [-0.2, 0) is 14.3 Å². The highest BCUT2D eigenvalue weighted by molar-refractivity contribution is 5.86. The van der Waals surface area contributed by atoms with E-state index in [0.717, 1.165) is 25.7 Å². The SMILES string of the molecule is C=C(C)C(=O)OCCCCCCCCCCCC.CC(C)(C)CCCCC(=O)O. The smallest absolute Gasteiger partial charge is 0.333 e. The lowest BCUT2D eigenvalue weighted by Crippen LogP contribution is -2.05. The molecule has 0 aromatic carbocycles. The Kier molecular flexibility index (Phi) is 20.6. The van der Waals surface area contributed by atoms with Gasteiger partial charge in [0.2, 0.25) is 0 Å². The molecule has 0 atom stereocenters.